The lowest BCUT2D eigenvalue weighted by Gasteiger charge is -2.24. The van der Waals surface area contributed by atoms with E-state index < -0.39 is 0 Å². The average molecular weight is 443 g/mol. The minimum atomic E-state index is -0.389. The monoisotopic (exact) mass is 442 g/mol. The molecule has 0 spiro atoms. The number of amides is 2. The molecule has 1 aromatic heterocycles. The van der Waals surface area contributed by atoms with Gasteiger partial charge in [0.05, 0.1) is 25.7 Å². The van der Waals surface area contributed by atoms with E-state index in [0.717, 1.165) is 42.7 Å². The molecule has 2 amide bonds. The second kappa shape index (κ2) is 9.60. The molecule has 4 rings (SSSR count). The van der Waals surface area contributed by atoms with Crippen LogP contribution in [0.5, 0.6) is 5.75 Å². The summed E-state index contributed by atoms with van der Waals surface area (Å²) in [4.78, 5) is 24.6. The van der Waals surface area contributed by atoms with Crippen LogP contribution in [0.25, 0.3) is 0 Å². The van der Waals surface area contributed by atoms with Crippen LogP contribution in [0.15, 0.2) is 30.3 Å². The topological polar surface area (TPSA) is 115 Å². The van der Waals surface area contributed by atoms with Crippen LogP contribution in [-0.4, -0.2) is 54.2 Å². The molecule has 3 N–H and O–H groups in total. The second-order valence-corrected chi connectivity index (χ2v) is 8.81. The molecule has 2 heterocycles. The van der Waals surface area contributed by atoms with Crippen LogP contribution in [0.4, 0.5) is 10.6 Å². The molecular weight excluding hydrogens is 412 g/mol. The normalized spacial score (nSPS) is 24.8. The number of ether oxygens (including phenoxy) is 3. The number of hydrogen-bond donors (Lipinski definition) is 3. The number of carbonyl (C=O) groups is 2. The summed E-state index contributed by atoms with van der Waals surface area (Å²) in [6.07, 6.45) is 2.92. The Morgan fingerprint density at radius 3 is 2.81 bits per heavy atom. The molecule has 2 fully saturated rings. The van der Waals surface area contributed by atoms with Gasteiger partial charge in [-0.3, -0.25) is 9.89 Å². The number of alkyl carbamates (subject to hydrolysis) is 1. The third kappa shape index (κ3) is 5.59. The highest BCUT2D eigenvalue weighted by Crippen LogP contribution is 2.36. The summed E-state index contributed by atoms with van der Waals surface area (Å²) in [6.45, 7) is 3.13. The first-order chi connectivity index (χ1) is 15.4. The molecule has 2 aromatic rings. The fraction of sp³-hybridized carbons (Fsp3) is 0.522. The summed E-state index contributed by atoms with van der Waals surface area (Å²) >= 11 is 0. The summed E-state index contributed by atoms with van der Waals surface area (Å²) in [5, 5.41) is 13.0. The standard InChI is InChI=1S/C23H30N4O5/c1-23(9-10-31-14-23)25-22(29)32-18-8-5-16(12-18)19-13-20(27-26-19)24-21(28)11-15-3-6-17(30-2)7-4-15/h3-4,6-7,13,16,18H,5,8-12,14H2,1-2H3,(H,25,29)(H2,24,26,27,28)/t16-,18+,23?/m0/s1. The van der Waals surface area contributed by atoms with Gasteiger partial charge in [-0.05, 0) is 50.3 Å². The molecule has 1 saturated heterocycles. The Morgan fingerprint density at radius 2 is 2.09 bits per heavy atom. The van der Waals surface area contributed by atoms with Crippen molar-refractivity contribution in [3.63, 3.8) is 0 Å². The number of benzene rings is 1. The summed E-state index contributed by atoms with van der Waals surface area (Å²) in [5.41, 5.74) is 1.48. The Labute approximate surface area is 187 Å². The number of aromatic nitrogens is 2. The van der Waals surface area contributed by atoms with Gasteiger partial charge < -0.3 is 24.8 Å². The lowest BCUT2D eigenvalue weighted by atomic mass is 10.0. The van der Waals surface area contributed by atoms with Crippen molar-refractivity contribution in [1.82, 2.24) is 15.5 Å². The van der Waals surface area contributed by atoms with Crippen molar-refractivity contribution >= 4 is 17.8 Å². The van der Waals surface area contributed by atoms with Gasteiger partial charge in [-0.1, -0.05) is 12.1 Å². The van der Waals surface area contributed by atoms with Gasteiger partial charge in [0.25, 0.3) is 0 Å². The zero-order chi connectivity index (χ0) is 22.6. The highest BCUT2D eigenvalue weighted by molar-refractivity contribution is 5.91. The van der Waals surface area contributed by atoms with Crippen molar-refractivity contribution < 1.29 is 23.8 Å². The first-order valence-corrected chi connectivity index (χ1v) is 11.0. The number of carbonyl (C=O) groups excluding carboxylic acids is 2. The van der Waals surface area contributed by atoms with E-state index in [1.54, 1.807) is 7.11 Å². The number of H-pyrrole nitrogens is 1. The smallest absolute Gasteiger partial charge is 0.407 e. The van der Waals surface area contributed by atoms with E-state index >= 15 is 0 Å². The third-order valence-corrected chi connectivity index (χ3v) is 6.11. The Morgan fingerprint density at radius 1 is 1.28 bits per heavy atom. The highest BCUT2D eigenvalue weighted by Gasteiger charge is 2.34. The number of hydrogen-bond acceptors (Lipinski definition) is 6. The van der Waals surface area contributed by atoms with Crippen molar-refractivity contribution in [1.29, 1.82) is 0 Å². The van der Waals surface area contributed by atoms with E-state index in [1.165, 1.54) is 0 Å². The van der Waals surface area contributed by atoms with Gasteiger partial charge in [-0.25, -0.2) is 4.79 Å². The molecular formula is C23H30N4O5. The second-order valence-electron chi connectivity index (χ2n) is 8.81. The predicted octanol–water partition coefficient (Wildman–Crippen LogP) is 3.14. The van der Waals surface area contributed by atoms with Crippen molar-refractivity contribution in [2.24, 2.45) is 0 Å². The number of aromatic amines is 1. The quantitative estimate of drug-likeness (QED) is 0.607. The molecule has 1 aliphatic carbocycles. The van der Waals surface area contributed by atoms with Gasteiger partial charge in [-0.2, -0.15) is 5.10 Å². The number of nitrogens with zero attached hydrogens (tertiary/aromatic N) is 1. The molecule has 1 aliphatic heterocycles. The van der Waals surface area contributed by atoms with Crippen LogP contribution < -0.4 is 15.4 Å². The van der Waals surface area contributed by atoms with E-state index in [1.807, 2.05) is 37.3 Å². The lowest BCUT2D eigenvalue weighted by Crippen LogP contribution is -2.47. The van der Waals surface area contributed by atoms with Crippen LogP contribution >= 0.6 is 0 Å². The van der Waals surface area contributed by atoms with Gasteiger partial charge in [0, 0.05) is 24.3 Å². The Kier molecular flexibility index (Phi) is 6.64. The van der Waals surface area contributed by atoms with Crippen molar-refractivity contribution in [2.45, 2.75) is 56.6 Å². The fourth-order valence-corrected chi connectivity index (χ4v) is 4.25. The van der Waals surface area contributed by atoms with Gasteiger partial charge in [0.15, 0.2) is 5.82 Å². The molecule has 9 heteroatoms. The molecule has 172 valence electrons. The summed E-state index contributed by atoms with van der Waals surface area (Å²) in [7, 11) is 1.61. The molecule has 1 aromatic carbocycles. The van der Waals surface area contributed by atoms with Gasteiger partial charge in [0.2, 0.25) is 5.91 Å². The maximum Gasteiger partial charge on any atom is 0.407 e. The molecule has 3 atom stereocenters. The van der Waals surface area contributed by atoms with Gasteiger partial charge in [-0.15, -0.1) is 0 Å². The molecule has 1 saturated carbocycles. The number of methoxy groups -OCH3 is 1. The third-order valence-electron chi connectivity index (χ3n) is 6.11. The fourth-order valence-electron chi connectivity index (χ4n) is 4.25. The Balaban J connectivity index is 1.24. The maximum absolute atomic E-state index is 12.3. The van der Waals surface area contributed by atoms with Gasteiger partial charge >= 0.3 is 6.09 Å². The summed E-state index contributed by atoms with van der Waals surface area (Å²) < 4.78 is 16.1. The van der Waals surface area contributed by atoms with Gasteiger partial charge in [0.1, 0.15) is 11.9 Å². The maximum atomic E-state index is 12.3. The molecule has 1 unspecified atom stereocenters. The summed E-state index contributed by atoms with van der Waals surface area (Å²) in [6, 6.07) is 9.24. The molecule has 9 nitrogen and oxygen atoms in total. The largest absolute Gasteiger partial charge is 0.497 e. The van der Waals surface area contributed by atoms with Crippen molar-refractivity contribution in [2.75, 3.05) is 25.6 Å². The van der Waals surface area contributed by atoms with E-state index in [0.29, 0.717) is 19.0 Å². The molecule has 0 bridgehead atoms. The van der Waals surface area contributed by atoms with Crippen molar-refractivity contribution in [3.05, 3.63) is 41.6 Å². The Bertz CT molecular complexity index is 936. The Hall–Kier alpha value is -3.07. The number of rotatable bonds is 7. The van der Waals surface area contributed by atoms with Crippen molar-refractivity contribution in [3.8, 4) is 5.75 Å². The average Bonchev–Trinajstić information content (AvgIpc) is 3.50. The van der Waals surface area contributed by atoms with Crippen LogP contribution in [0, 0.1) is 0 Å². The summed E-state index contributed by atoms with van der Waals surface area (Å²) in [5.74, 6) is 1.32. The van der Waals surface area contributed by atoms with E-state index in [9.17, 15) is 9.59 Å². The minimum absolute atomic E-state index is 0.137. The van der Waals surface area contributed by atoms with Crippen LogP contribution in [0.3, 0.4) is 0 Å². The zero-order valence-electron chi connectivity index (χ0n) is 18.5. The zero-order valence-corrected chi connectivity index (χ0v) is 18.5. The van der Waals surface area contributed by atoms with Crippen LogP contribution in [-0.2, 0) is 20.7 Å². The first-order valence-electron chi connectivity index (χ1n) is 11.0. The molecule has 2 aliphatic rings. The van der Waals surface area contributed by atoms with Crippen LogP contribution in [0.1, 0.15) is 49.8 Å². The van der Waals surface area contributed by atoms with E-state index in [2.05, 4.69) is 20.8 Å². The molecule has 32 heavy (non-hydrogen) atoms. The number of nitrogens with one attached hydrogen (secondary N) is 3. The van der Waals surface area contributed by atoms with E-state index in [4.69, 9.17) is 14.2 Å². The molecule has 0 radical (unpaired) electrons. The lowest BCUT2D eigenvalue weighted by molar-refractivity contribution is -0.115. The predicted molar refractivity (Wildman–Crippen MR) is 118 cm³/mol. The SMILES string of the molecule is COc1ccc(CC(=O)Nc2cc([C@H]3CC[C@@H](OC(=O)NC4(C)CCOC4)C3)[nH]n2)cc1. The van der Waals surface area contributed by atoms with E-state index in [-0.39, 0.29) is 36.0 Å². The highest BCUT2D eigenvalue weighted by atomic mass is 16.6. The number of anilines is 1. The minimum Gasteiger partial charge on any atom is -0.497 e. The first kappa shape index (κ1) is 22.1. The van der Waals surface area contributed by atoms with Crippen LogP contribution in [0.2, 0.25) is 0 Å².